The fourth-order valence-corrected chi connectivity index (χ4v) is 3.81. The third kappa shape index (κ3) is 3.41. The number of pyridine rings is 2. The Morgan fingerprint density at radius 2 is 2.07 bits per heavy atom. The molecule has 0 bridgehead atoms. The van der Waals surface area contributed by atoms with Gasteiger partial charge in [0, 0.05) is 30.4 Å². The molecule has 154 valence electrons. The number of imidazole rings is 2. The fourth-order valence-electron chi connectivity index (χ4n) is 3.81. The van der Waals surface area contributed by atoms with E-state index in [2.05, 4.69) is 30.6 Å². The van der Waals surface area contributed by atoms with E-state index in [1.165, 1.54) is 0 Å². The van der Waals surface area contributed by atoms with Gasteiger partial charge in [-0.2, -0.15) is 0 Å². The molecule has 1 aliphatic heterocycles. The predicted octanol–water partition coefficient (Wildman–Crippen LogP) is 3.54. The molecule has 1 saturated heterocycles. The number of hydrogen-bond acceptors (Lipinski definition) is 5. The van der Waals surface area contributed by atoms with Crippen LogP contribution >= 0.6 is 0 Å². The Bertz CT molecular complexity index is 1210. The molecular formula is C21H21F2N7. The van der Waals surface area contributed by atoms with Gasteiger partial charge in [-0.15, -0.1) is 0 Å². The largest absolute Gasteiger partial charge is 0.364 e. The van der Waals surface area contributed by atoms with Crippen molar-refractivity contribution in [3.05, 3.63) is 54.2 Å². The molecule has 0 radical (unpaired) electrons. The molecule has 1 unspecified atom stereocenters. The van der Waals surface area contributed by atoms with Crippen molar-refractivity contribution in [1.82, 2.24) is 29.7 Å². The first-order valence-corrected chi connectivity index (χ1v) is 9.91. The molecule has 9 heteroatoms. The molecule has 3 N–H and O–H groups in total. The van der Waals surface area contributed by atoms with Crippen molar-refractivity contribution >= 4 is 11.5 Å². The van der Waals surface area contributed by atoms with Crippen molar-refractivity contribution in [3.8, 4) is 22.6 Å². The molecule has 0 amide bonds. The molecule has 5 heterocycles. The summed E-state index contributed by atoms with van der Waals surface area (Å²) in [5, 5.41) is 6.37. The number of nitrogens with one attached hydrogen (secondary N) is 3. The molecule has 0 aromatic carbocycles. The summed E-state index contributed by atoms with van der Waals surface area (Å²) in [6, 6.07) is 4.70. The number of rotatable bonds is 4. The van der Waals surface area contributed by atoms with Gasteiger partial charge in [0.05, 0.1) is 23.8 Å². The van der Waals surface area contributed by atoms with Gasteiger partial charge in [-0.05, 0) is 38.4 Å². The van der Waals surface area contributed by atoms with Crippen LogP contribution in [-0.4, -0.2) is 43.5 Å². The molecule has 30 heavy (non-hydrogen) atoms. The van der Waals surface area contributed by atoms with E-state index in [0.29, 0.717) is 11.3 Å². The number of aromatic nitrogens is 5. The lowest BCUT2D eigenvalue weighted by Gasteiger charge is -2.24. The van der Waals surface area contributed by atoms with Gasteiger partial charge >= 0.3 is 0 Å². The van der Waals surface area contributed by atoms with Gasteiger partial charge in [-0.25, -0.2) is 23.7 Å². The molecule has 1 aliphatic rings. The minimum atomic E-state index is -0.727. The summed E-state index contributed by atoms with van der Waals surface area (Å²) >= 11 is 0. The van der Waals surface area contributed by atoms with Crippen molar-refractivity contribution in [3.63, 3.8) is 0 Å². The number of piperidine rings is 1. The fraction of sp³-hybridized carbons (Fsp3) is 0.286. The maximum absolute atomic E-state index is 14.7. The number of H-pyrrole nitrogens is 1. The van der Waals surface area contributed by atoms with Crippen LogP contribution in [0.2, 0.25) is 0 Å². The SMILES string of the molecule is Cc1ncc(-c2ccn3c(-c4nc(NC5CCCNC5)c(F)cc4F)cnc3c2)[nH]1. The summed E-state index contributed by atoms with van der Waals surface area (Å²) in [4.78, 5) is 16.1. The van der Waals surface area contributed by atoms with Crippen LogP contribution < -0.4 is 10.6 Å². The van der Waals surface area contributed by atoms with E-state index in [4.69, 9.17) is 0 Å². The maximum atomic E-state index is 14.7. The number of anilines is 1. The van der Waals surface area contributed by atoms with E-state index < -0.39 is 11.6 Å². The quantitative estimate of drug-likeness (QED) is 0.480. The van der Waals surface area contributed by atoms with E-state index in [-0.39, 0.29) is 17.6 Å². The molecule has 0 aliphatic carbocycles. The minimum Gasteiger partial charge on any atom is -0.364 e. The smallest absolute Gasteiger partial charge is 0.168 e. The molecule has 4 aromatic rings. The average Bonchev–Trinajstić information content (AvgIpc) is 3.36. The normalized spacial score (nSPS) is 16.8. The summed E-state index contributed by atoms with van der Waals surface area (Å²) < 4.78 is 30.8. The lowest BCUT2D eigenvalue weighted by atomic mass is 10.1. The Morgan fingerprint density at radius 3 is 2.83 bits per heavy atom. The minimum absolute atomic E-state index is 0.0552. The number of aromatic amines is 1. The average molecular weight is 409 g/mol. The zero-order chi connectivity index (χ0) is 20.7. The number of hydrogen-bond donors (Lipinski definition) is 3. The number of nitrogens with zero attached hydrogens (tertiary/aromatic N) is 4. The Balaban J connectivity index is 1.52. The molecule has 7 nitrogen and oxygen atoms in total. The second-order valence-electron chi connectivity index (χ2n) is 7.51. The lowest BCUT2D eigenvalue weighted by molar-refractivity contribution is 0.475. The van der Waals surface area contributed by atoms with Crippen LogP contribution in [0.4, 0.5) is 14.6 Å². The highest BCUT2D eigenvalue weighted by molar-refractivity contribution is 5.68. The topological polar surface area (TPSA) is 82.9 Å². The van der Waals surface area contributed by atoms with Gasteiger partial charge in [-0.1, -0.05) is 0 Å². The number of fused-ring (bicyclic) bond motifs is 1. The Morgan fingerprint density at radius 1 is 1.17 bits per heavy atom. The predicted molar refractivity (Wildman–Crippen MR) is 110 cm³/mol. The van der Waals surface area contributed by atoms with Crippen LogP contribution in [-0.2, 0) is 0 Å². The van der Waals surface area contributed by atoms with Gasteiger partial charge in [0.25, 0.3) is 0 Å². The van der Waals surface area contributed by atoms with E-state index >= 15 is 0 Å². The van der Waals surface area contributed by atoms with Crippen molar-refractivity contribution in [2.75, 3.05) is 18.4 Å². The van der Waals surface area contributed by atoms with Gasteiger partial charge in [-0.3, -0.25) is 4.40 Å². The molecule has 1 fully saturated rings. The summed E-state index contributed by atoms with van der Waals surface area (Å²) in [5.74, 6) is -0.554. The zero-order valence-electron chi connectivity index (χ0n) is 16.4. The van der Waals surface area contributed by atoms with Crippen molar-refractivity contribution < 1.29 is 8.78 Å². The van der Waals surface area contributed by atoms with E-state index in [9.17, 15) is 8.78 Å². The second-order valence-corrected chi connectivity index (χ2v) is 7.51. The number of aryl methyl sites for hydroxylation is 1. The Labute approximate surface area is 171 Å². The zero-order valence-corrected chi connectivity index (χ0v) is 16.4. The van der Waals surface area contributed by atoms with Crippen LogP contribution in [0.5, 0.6) is 0 Å². The van der Waals surface area contributed by atoms with Gasteiger partial charge in [0.15, 0.2) is 17.5 Å². The van der Waals surface area contributed by atoms with Gasteiger partial charge in [0.2, 0.25) is 0 Å². The van der Waals surface area contributed by atoms with E-state index in [1.807, 2.05) is 19.1 Å². The molecule has 0 spiro atoms. The summed E-state index contributed by atoms with van der Waals surface area (Å²) in [7, 11) is 0. The summed E-state index contributed by atoms with van der Waals surface area (Å²) in [6.07, 6.45) is 7.01. The van der Waals surface area contributed by atoms with Crippen molar-refractivity contribution in [2.45, 2.75) is 25.8 Å². The van der Waals surface area contributed by atoms with Gasteiger partial charge < -0.3 is 15.6 Å². The number of halogens is 2. The first-order valence-electron chi connectivity index (χ1n) is 9.91. The van der Waals surface area contributed by atoms with Crippen LogP contribution in [0.25, 0.3) is 28.3 Å². The first-order chi connectivity index (χ1) is 14.6. The first kappa shape index (κ1) is 18.7. The Hall–Kier alpha value is -3.33. The van der Waals surface area contributed by atoms with Crippen LogP contribution in [0.3, 0.4) is 0 Å². The molecule has 5 rings (SSSR count). The summed E-state index contributed by atoms with van der Waals surface area (Å²) in [5.41, 5.74) is 2.93. The highest BCUT2D eigenvalue weighted by Gasteiger charge is 2.20. The third-order valence-electron chi connectivity index (χ3n) is 5.34. The summed E-state index contributed by atoms with van der Waals surface area (Å²) in [6.45, 7) is 3.55. The lowest BCUT2D eigenvalue weighted by Crippen LogP contribution is -2.38. The molecule has 0 saturated carbocycles. The van der Waals surface area contributed by atoms with E-state index in [0.717, 1.165) is 49.1 Å². The van der Waals surface area contributed by atoms with Crippen LogP contribution in [0, 0.1) is 18.6 Å². The van der Waals surface area contributed by atoms with Crippen LogP contribution in [0.1, 0.15) is 18.7 Å². The maximum Gasteiger partial charge on any atom is 0.168 e. The highest BCUT2D eigenvalue weighted by Crippen LogP contribution is 2.28. The second kappa shape index (κ2) is 7.49. The Kier molecular flexibility index (Phi) is 4.66. The molecule has 1 atom stereocenters. The van der Waals surface area contributed by atoms with Crippen molar-refractivity contribution in [2.24, 2.45) is 0 Å². The highest BCUT2D eigenvalue weighted by atomic mass is 19.1. The van der Waals surface area contributed by atoms with Gasteiger partial charge in [0.1, 0.15) is 17.2 Å². The van der Waals surface area contributed by atoms with Crippen LogP contribution in [0.15, 0.2) is 36.8 Å². The molecular weight excluding hydrogens is 388 g/mol. The monoisotopic (exact) mass is 409 g/mol. The van der Waals surface area contributed by atoms with Crippen molar-refractivity contribution in [1.29, 1.82) is 0 Å². The van der Waals surface area contributed by atoms with E-state index in [1.54, 1.807) is 23.0 Å². The molecule has 4 aromatic heterocycles. The third-order valence-corrected chi connectivity index (χ3v) is 5.34. The standard InChI is InChI=1S/C21H21F2N7/c1-12-25-10-17(27-12)13-4-6-30-18(11-26-19(30)7-13)20-15(22)8-16(23)21(29-20)28-14-3-2-5-24-9-14/h4,6-8,10-11,14,24H,2-3,5,9H2,1H3,(H,25,27)(H,28,29).